The molecule has 1 atom stereocenters. The van der Waals surface area contributed by atoms with E-state index in [2.05, 4.69) is 14.9 Å². The predicted octanol–water partition coefficient (Wildman–Crippen LogP) is 1.54. The van der Waals surface area contributed by atoms with E-state index in [9.17, 15) is 4.79 Å². The van der Waals surface area contributed by atoms with Gasteiger partial charge in [0.05, 0.1) is 18.7 Å². The minimum absolute atomic E-state index is 0.324. The third-order valence-electron chi connectivity index (χ3n) is 2.37. The Balaban J connectivity index is 2.35. The number of carbonyl (C=O) groups excluding carboxylic acids is 1. The molecule has 0 amide bonds. The highest BCUT2D eigenvalue weighted by atomic mass is 16.5. The Hall–Kier alpha value is -2.21. The quantitative estimate of drug-likeness (QED) is 0.827. The molecule has 0 saturated heterocycles. The Morgan fingerprint density at radius 2 is 2.28 bits per heavy atom. The molecule has 0 spiro atoms. The van der Waals surface area contributed by atoms with E-state index < -0.39 is 5.97 Å². The summed E-state index contributed by atoms with van der Waals surface area (Å²) in [6.45, 7) is 1.75. The molecule has 2 N–H and O–H groups in total. The fourth-order valence-corrected chi connectivity index (χ4v) is 1.44. The number of nitrogens with zero attached hydrogens (tertiary/aromatic N) is 2. The molecule has 2 rings (SSSR count). The second-order valence-corrected chi connectivity index (χ2v) is 3.82. The van der Waals surface area contributed by atoms with Crippen LogP contribution in [0.25, 0.3) is 11.4 Å². The molecule has 94 valence electrons. The fraction of sp³-hybridized carbons (Fsp3) is 0.250. The minimum atomic E-state index is -0.409. The van der Waals surface area contributed by atoms with Crippen LogP contribution in [0.5, 0.6) is 0 Å². The number of ether oxygens (including phenoxy) is 1. The average molecular weight is 247 g/mol. The van der Waals surface area contributed by atoms with Gasteiger partial charge in [0, 0.05) is 5.56 Å². The first kappa shape index (κ1) is 12.3. The SMILES string of the molecule is COC(=O)c1cccc(-c2noc(C(C)N)n2)c1. The van der Waals surface area contributed by atoms with Gasteiger partial charge in [0.1, 0.15) is 0 Å². The third-order valence-corrected chi connectivity index (χ3v) is 2.37. The fourth-order valence-electron chi connectivity index (χ4n) is 1.44. The topological polar surface area (TPSA) is 91.2 Å². The molecule has 1 heterocycles. The molecule has 0 radical (unpaired) electrons. The van der Waals surface area contributed by atoms with Crippen LogP contribution in [0, 0.1) is 0 Å². The van der Waals surface area contributed by atoms with Gasteiger partial charge in [0.25, 0.3) is 0 Å². The van der Waals surface area contributed by atoms with E-state index in [1.165, 1.54) is 7.11 Å². The van der Waals surface area contributed by atoms with Crippen LogP contribution in [-0.2, 0) is 4.74 Å². The van der Waals surface area contributed by atoms with Gasteiger partial charge < -0.3 is 15.0 Å². The van der Waals surface area contributed by atoms with Crippen molar-refractivity contribution in [2.45, 2.75) is 13.0 Å². The number of rotatable bonds is 3. The Labute approximate surface area is 104 Å². The largest absolute Gasteiger partial charge is 0.465 e. The molecule has 0 aliphatic heterocycles. The summed E-state index contributed by atoms with van der Waals surface area (Å²) in [5, 5.41) is 3.82. The zero-order valence-electron chi connectivity index (χ0n) is 10.1. The summed E-state index contributed by atoms with van der Waals surface area (Å²) < 4.78 is 9.65. The lowest BCUT2D eigenvalue weighted by Gasteiger charge is -2.00. The number of benzene rings is 1. The lowest BCUT2D eigenvalue weighted by atomic mass is 10.1. The molecule has 0 fully saturated rings. The van der Waals surface area contributed by atoms with Gasteiger partial charge >= 0.3 is 5.97 Å². The van der Waals surface area contributed by atoms with E-state index in [0.29, 0.717) is 22.8 Å². The summed E-state index contributed by atoms with van der Waals surface area (Å²) in [5.41, 5.74) is 6.74. The number of hydrogen-bond acceptors (Lipinski definition) is 6. The van der Waals surface area contributed by atoms with Crippen molar-refractivity contribution in [1.29, 1.82) is 0 Å². The molecule has 1 aromatic heterocycles. The van der Waals surface area contributed by atoms with Crippen LogP contribution in [0.1, 0.15) is 29.2 Å². The van der Waals surface area contributed by atoms with Crippen LogP contribution >= 0.6 is 0 Å². The zero-order valence-corrected chi connectivity index (χ0v) is 10.1. The summed E-state index contributed by atoms with van der Waals surface area (Å²) in [6, 6.07) is 6.48. The van der Waals surface area contributed by atoms with Crippen molar-refractivity contribution in [3.63, 3.8) is 0 Å². The Kier molecular flexibility index (Phi) is 3.38. The lowest BCUT2D eigenvalue weighted by molar-refractivity contribution is 0.0601. The number of aromatic nitrogens is 2. The maximum atomic E-state index is 11.4. The highest BCUT2D eigenvalue weighted by Crippen LogP contribution is 2.19. The van der Waals surface area contributed by atoms with Crippen molar-refractivity contribution in [1.82, 2.24) is 10.1 Å². The van der Waals surface area contributed by atoms with E-state index >= 15 is 0 Å². The van der Waals surface area contributed by atoms with Gasteiger partial charge in [-0.25, -0.2) is 4.79 Å². The van der Waals surface area contributed by atoms with E-state index in [1.54, 1.807) is 31.2 Å². The highest BCUT2D eigenvalue weighted by Gasteiger charge is 2.13. The number of methoxy groups -OCH3 is 1. The normalized spacial score (nSPS) is 12.2. The molecule has 0 saturated carbocycles. The highest BCUT2D eigenvalue weighted by molar-refractivity contribution is 5.90. The van der Waals surface area contributed by atoms with Crippen molar-refractivity contribution in [3.8, 4) is 11.4 Å². The monoisotopic (exact) mass is 247 g/mol. The molecular weight excluding hydrogens is 234 g/mol. The predicted molar refractivity (Wildman–Crippen MR) is 63.7 cm³/mol. The first-order valence-electron chi connectivity index (χ1n) is 5.39. The van der Waals surface area contributed by atoms with Gasteiger partial charge in [-0.05, 0) is 19.1 Å². The third kappa shape index (κ3) is 2.38. The van der Waals surface area contributed by atoms with Gasteiger partial charge in [-0.1, -0.05) is 17.3 Å². The molecule has 2 aromatic rings. The van der Waals surface area contributed by atoms with Crippen LogP contribution < -0.4 is 5.73 Å². The standard InChI is InChI=1S/C12H13N3O3/c1-7(13)11-14-10(15-18-11)8-4-3-5-9(6-8)12(16)17-2/h3-7H,13H2,1-2H3. The molecule has 0 aliphatic carbocycles. The summed E-state index contributed by atoms with van der Waals surface area (Å²) in [5.74, 6) is 0.342. The lowest BCUT2D eigenvalue weighted by Crippen LogP contribution is -2.05. The van der Waals surface area contributed by atoms with Crippen LogP contribution in [0.15, 0.2) is 28.8 Å². The molecule has 1 aromatic carbocycles. The van der Waals surface area contributed by atoms with Gasteiger partial charge in [-0.15, -0.1) is 0 Å². The molecular formula is C12H13N3O3. The minimum Gasteiger partial charge on any atom is -0.465 e. The van der Waals surface area contributed by atoms with Crippen LogP contribution in [-0.4, -0.2) is 23.2 Å². The zero-order chi connectivity index (χ0) is 13.1. The summed E-state index contributed by atoms with van der Waals surface area (Å²) in [7, 11) is 1.33. The second-order valence-electron chi connectivity index (χ2n) is 3.82. The molecule has 0 aliphatic rings. The second kappa shape index (κ2) is 4.97. The van der Waals surface area contributed by atoms with Crippen molar-refractivity contribution in [3.05, 3.63) is 35.7 Å². The number of carbonyl (C=O) groups is 1. The average Bonchev–Trinajstić information content (AvgIpc) is 2.88. The molecule has 18 heavy (non-hydrogen) atoms. The first-order chi connectivity index (χ1) is 8.61. The van der Waals surface area contributed by atoms with E-state index in [4.69, 9.17) is 10.3 Å². The van der Waals surface area contributed by atoms with Crippen molar-refractivity contribution >= 4 is 5.97 Å². The summed E-state index contributed by atoms with van der Waals surface area (Å²) in [4.78, 5) is 15.6. The van der Waals surface area contributed by atoms with E-state index in [1.807, 2.05) is 0 Å². The first-order valence-corrected chi connectivity index (χ1v) is 5.39. The van der Waals surface area contributed by atoms with Gasteiger partial charge in [0.15, 0.2) is 0 Å². The maximum absolute atomic E-state index is 11.4. The van der Waals surface area contributed by atoms with E-state index in [-0.39, 0.29) is 6.04 Å². The van der Waals surface area contributed by atoms with Gasteiger partial charge in [-0.2, -0.15) is 4.98 Å². The van der Waals surface area contributed by atoms with Crippen molar-refractivity contribution in [2.75, 3.05) is 7.11 Å². The Morgan fingerprint density at radius 3 is 2.89 bits per heavy atom. The maximum Gasteiger partial charge on any atom is 0.337 e. The molecule has 1 unspecified atom stereocenters. The Bertz CT molecular complexity index is 563. The van der Waals surface area contributed by atoms with Crippen molar-refractivity contribution in [2.24, 2.45) is 5.73 Å². The van der Waals surface area contributed by atoms with Gasteiger partial charge in [0.2, 0.25) is 11.7 Å². The van der Waals surface area contributed by atoms with Crippen molar-refractivity contribution < 1.29 is 14.1 Å². The van der Waals surface area contributed by atoms with E-state index in [0.717, 1.165) is 0 Å². The molecule has 6 heteroatoms. The number of nitrogens with two attached hydrogens (primary N) is 1. The van der Waals surface area contributed by atoms with Crippen LogP contribution in [0.3, 0.4) is 0 Å². The van der Waals surface area contributed by atoms with Crippen LogP contribution in [0.4, 0.5) is 0 Å². The number of hydrogen-bond donors (Lipinski definition) is 1. The summed E-state index contributed by atoms with van der Waals surface area (Å²) in [6.07, 6.45) is 0. The summed E-state index contributed by atoms with van der Waals surface area (Å²) >= 11 is 0. The van der Waals surface area contributed by atoms with Crippen LogP contribution in [0.2, 0.25) is 0 Å². The van der Waals surface area contributed by atoms with Gasteiger partial charge in [-0.3, -0.25) is 0 Å². The smallest absolute Gasteiger partial charge is 0.337 e. The molecule has 6 nitrogen and oxygen atoms in total. The number of esters is 1. The molecule has 0 bridgehead atoms. The Morgan fingerprint density at radius 1 is 1.50 bits per heavy atom.